The summed E-state index contributed by atoms with van der Waals surface area (Å²) in [4.78, 5) is 8.94. The standard InChI is InChI=1S/C9H8ClN3S/c10-9-12-4-3-6(13-9)8(11)7-2-1-5-14-7/h1-5,8H,11H2. The first-order valence-corrected chi connectivity index (χ1v) is 5.30. The van der Waals surface area contributed by atoms with Gasteiger partial charge in [-0.2, -0.15) is 0 Å². The van der Waals surface area contributed by atoms with Crippen molar-refractivity contribution in [3.05, 3.63) is 45.6 Å². The molecule has 0 aromatic carbocycles. The largest absolute Gasteiger partial charge is 0.318 e. The van der Waals surface area contributed by atoms with Crippen molar-refractivity contribution in [2.24, 2.45) is 5.73 Å². The number of rotatable bonds is 2. The Morgan fingerprint density at radius 1 is 1.43 bits per heavy atom. The number of halogens is 1. The van der Waals surface area contributed by atoms with Gasteiger partial charge >= 0.3 is 0 Å². The quantitative estimate of drug-likeness (QED) is 0.798. The molecule has 5 heteroatoms. The van der Waals surface area contributed by atoms with Gasteiger partial charge in [-0.1, -0.05) is 6.07 Å². The van der Waals surface area contributed by atoms with Crippen molar-refractivity contribution in [2.75, 3.05) is 0 Å². The van der Waals surface area contributed by atoms with Crippen molar-refractivity contribution in [1.82, 2.24) is 9.97 Å². The van der Waals surface area contributed by atoms with Gasteiger partial charge in [0.25, 0.3) is 0 Å². The lowest BCUT2D eigenvalue weighted by Crippen LogP contribution is -2.12. The lowest BCUT2D eigenvalue weighted by molar-refractivity contribution is 0.837. The molecular formula is C9H8ClN3S. The van der Waals surface area contributed by atoms with Crippen molar-refractivity contribution >= 4 is 22.9 Å². The molecule has 2 aromatic heterocycles. The number of nitrogens with two attached hydrogens (primary N) is 1. The first kappa shape index (κ1) is 9.58. The molecule has 0 aliphatic heterocycles. The van der Waals surface area contributed by atoms with Crippen molar-refractivity contribution in [1.29, 1.82) is 0 Å². The molecule has 2 heterocycles. The average molecular weight is 226 g/mol. The monoisotopic (exact) mass is 225 g/mol. The molecule has 0 amide bonds. The topological polar surface area (TPSA) is 51.8 Å². The molecule has 0 spiro atoms. The molecule has 2 aromatic rings. The summed E-state index contributed by atoms with van der Waals surface area (Å²) in [5, 5.41) is 2.22. The maximum Gasteiger partial charge on any atom is 0.222 e. The summed E-state index contributed by atoms with van der Waals surface area (Å²) in [6.07, 6.45) is 1.61. The maximum absolute atomic E-state index is 5.99. The van der Waals surface area contributed by atoms with Gasteiger partial charge in [-0.25, -0.2) is 9.97 Å². The lowest BCUT2D eigenvalue weighted by Gasteiger charge is -2.07. The highest BCUT2D eigenvalue weighted by atomic mass is 35.5. The number of aromatic nitrogens is 2. The number of hydrogen-bond acceptors (Lipinski definition) is 4. The molecular weight excluding hydrogens is 218 g/mol. The molecule has 1 atom stereocenters. The fourth-order valence-corrected chi connectivity index (χ4v) is 2.03. The van der Waals surface area contributed by atoms with Crippen LogP contribution in [0.5, 0.6) is 0 Å². The first-order valence-electron chi connectivity index (χ1n) is 4.05. The van der Waals surface area contributed by atoms with Crippen LogP contribution in [0.3, 0.4) is 0 Å². The van der Waals surface area contributed by atoms with E-state index in [0.29, 0.717) is 0 Å². The molecule has 0 fully saturated rings. The van der Waals surface area contributed by atoms with Gasteiger partial charge in [-0.05, 0) is 29.1 Å². The van der Waals surface area contributed by atoms with Crippen LogP contribution < -0.4 is 5.73 Å². The van der Waals surface area contributed by atoms with Gasteiger partial charge in [0.05, 0.1) is 11.7 Å². The molecule has 0 bridgehead atoms. The minimum absolute atomic E-state index is 0.213. The highest BCUT2D eigenvalue weighted by Gasteiger charge is 2.11. The second-order valence-electron chi connectivity index (χ2n) is 2.74. The van der Waals surface area contributed by atoms with Crippen LogP contribution in [0.4, 0.5) is 0 Å². The van der Waals surface area contributed by atoms with Crippen LogP contribution >= 0.6 is 22.9 Å². The normalized spacial score (nSPS) is 12.7. The van der Waals surface area contributed by atoms with E-state index in [0.717, 1.165) is 10.6 Å². The van der Waals surface area contributed by atoms with E-state index in [2.05, 4.69) is 9.97 Å². The maximum atomic E-state index is 5.99. The zero-order chi connectivity index (χ0) is 9.97. The van der Waals surface area contributed by atoms with E-state index in [9.17, 15) is 0 Å². The molecule has 0 radical (unpaired) electrons. The molecule has 72 valence electrons. The minimum Gasteiger partial charge on any atom is -0.318 e. The van der Waals surface area contributed by atoms with Crippen LogP contribution in [0.1, 0.15) is 16.6 Å². The molecule has 0 saturated carbocycles. The summed E-state index contributed by atoms with van der Waals surface area (Å²) in [5.74, 6) is 0. The van der Waals surface area contributed by atoms with Crippen LogP contribution in [0.2, 0.25) is 5.28 Å². The predicted octanol–water partition coefficient (Wildman–Crippen LogP) is 2.24. The molecule has 0 aliphatic rings. The van der Waals surface area contributed by atoms with E-state index in [4.69, 9.17) is 17.3 Å². The third-order valence-electron chi connectivity index (χ3n) is 1.82. The Labute approximate surface area is 90.6 Å². The van der Waals surface area contributed by atoms with Crippen LogP contribution in [-0.4, -0.2) is 9.97 Å². The third kappa shape index (κ3) is 1.92. The zero-order valence-corrected chi connectivity index (χ0v) is 8.79. The number of thiophene rings is 1. The van der Waals surface area contributed by atoms with Gasteiger partial charge in [-0.3, -0.25) is 0 Å². The van der Waals surface area contributed by atoms with Crippen LogP contribution in [0, 0.1) is 0 Å². The minimum atomic E-state index is -0.213. The second-order valence-corrected chi connectivity index (χ2v) is 4.06. The SMILES string of the molecule is NC(c1ccnc(Cl)n1)c1cccs1. The van der Waals surface area contributed by atoms with E-state index in [1.807, 2.05) is 17.5 Å². The van der Waals surface area contributed by atoms with Crippen LogP contribution in [0.15, 0.2) is 29.8 Å². The van der Waals surface area contributed by atoms with E-state index in [-0.39, 0.29) is 11.3 Å². The van der Waals surface area contributed by atoms with Gasteiger partial charge in [0.2, 0.25) is 5.28 Å². The Morgan fingerprint density at radius 2 is 2.29 bits per heavy atom. The molecule has 2 rings (SSSR count). The van der Waals surface area contributed by atoms with Crippen molar-refractivity contribution in [2.45, 2.75) is 6.04 Å². The summed E-state index contributed by atoms with van der Waals surface area (Å²) >= 11 is 7.28. The predicted molar refractivity (Wildman–Crippen MR) is 57.4 cm³/mol. The molecule has 0 aliphatic carbocycles. The van der Waals surface area contributed by atoms with Crippen LogP contribution in [0.25, 0.3) is 0 Å². The summed E-state index contributed by atoms with van der Waals surface area (Å²) in [6.45, 7) is 0. The Balaban J connectivity index is 2.32. The van der Waals surface area contributed by atoms with E-state index >= 15 is 0 Å². The Morgan fingerprint density at radius 3 is 2.93 bits per heavy atom. The van der Waals surface area contributed by atoms with Crippen molar-refractivity contribution in [3.8, 4) is 0 Å². The van der Waals surface area contributed by atoms with Crippen molar-refractivity contribution in [3.63, 3.8) is 0 Å². The zero-order valence-electron chi connectivity index (χ0n) is 7.22. The highest BCUT2D eigenvalue weighted by molar-refractivity contribution is 7.10. The van der Waals surface area contributed by atoms with E-state index < -0.39 is 0 Å². The lowest BCUT2D eigenvalue weighted by atomic mass is 10.2. The Kier molecular flexibility index (Phi) is 2.77. The van der Waals surface area contributed by atoms with Gasteiger partial charge in [0.15, 0.2) is 0 Å². The second kappa shape index (κ2) is 4.04. The number of hydrogen-bond donors (Lipinski definition) is 1. The van der Waals surface area contributed by atoms with Crippen LogP contribution in [-0.2, 0) is 0 Å². The van der Waals surface area contributed by atoms with Gasteiger partial charge < -0.3 is 5.73 Å². The summed E-state index contributed by atoms with van der Waals surface area (Å²) in [7, 11) is 0. The summed E-state index contributed by atoms with van der Waals surface area (Å²) in [5.41, 5.74) is 6.73. The van der Waals surface area contributed by atoms with Crippen molar-refractivity contribution < 1.29 is 0 Å². The Bertz CT molecular complexity index is 416. The fraction of sp³-hybridized carbons (Fsp3) is 0.111. The molecule has 0 saturated heterocycles. The average Bonchev–Trinajstić information content (AvgIpc) is 2.69. The molecule has 1 unspecified atom stereocenters. The third-order valence-corrected chi connectivity index (χ3v) is 2.95. The molecule has 2 N–H and O–H groups in total. The fourth-order valence-electron chi connectivity index (χ4n) is 1.13. The molecule has 3 nitrogen and oxygen atoms in total. The van der Waals surface area contributed by atoms with Gasteiger partial charge in [0.1, 0.15) is 0 Å². The molecule has 14 heavy (non-hydrogen) atoms. The summed E-state index contributed by atoms with van der Waals surface area (Å²) < 4.78 is 0. The highest BCUT2D eigenvalue weighted by Crippen LogP contribution is 2.22. The van der Waals surface area contributed by atoms with Gasteiger partial charge in [0, 0.05) is 11.1 Å². The number of nitrogens with zero attached hydrogens (tertiary/aromatic N) is 2. The first-order chi connectivity index (χ1) is 6.77. The van der Waals surface area contributed by atoms with E-state index in [1.165, 1.54) is 0 Å². The van der Waals surface area contributed by atoms with Gasteiger partial charge in [-0.15, -0.1) is 11.3 Å². The van der Waals surface area contributed by atoms with E-state index in [1.54, 1.807) is 23.6 Å². The Hall–Kier alpha value is -0.970. The summed E-state index contributed by atoms with van der Waals surface area (Å²) in [6, 6.07) is 5.50. The smallest absolute Gasteiger partial charge is 0.222 e.